The number of rotatable bonds is 0. The molecule has 6 aliphatic carbocycles. The molecular weight excluding hydrogens is 1270 g/mol. The molecule has 9 heterocycles. The molecule has 6 aliphatic heterocycles. The largest absolute Gasteiger partial charge is 0.309 e. The first-order valence-corrected chi connectivity index (χ1v) is 37.7. The quantitative estimate of drug-likeness (QED) is 0.151. The van der Waals surface area contributed by atoms with Crippen LogP contribution in [0.2, 0.25) is 0 Å². The number of hydrogen-bond donors (Lipinski definition) is 0. The van der Waals surface area contributed by atoms with Crippen molar-refractivity contribution in [3.8, 4) is 66.8 Å². The topological polar surface area (TPSA) is 48.4 Å². The summed E-state index contributed by atoms with van der Waals surface area (Å²) in [6.07, 6.45) is 19.9. The fraction of sp³-hybridized carbons (Fsp3) is 0.121. The van der Waals surface area contributed by atoms with E-state index in [4.69, 9.17) is 9.97 Å². The van der Waals surface area contributed by atoms with Gasteiger partial charge in [-0.05, 0) is 257 Å². The maximum Gasteiger partial charge on any atom is 0.0716 e. The van der Waals surface area contributed by atoms with Gasteiger partial charge in [0.1, 0.15) is 0 Å². The number of hydrogen-bond acceptors (Lipinski definition) is 6. The Labute approximate surface area is 609 Å². The van der Waals surface area contributed by atoms with Gasteiger partial charge < -0.3 is 14.7 Å². The van der Waals surface area contributed by atoms with Gasteiger partial charge >= 0.3 is 0 Å². The van der Waals surface area contributed by atoms with Crippen molar-refractivity contribution in [2.45, 2.75) is 77.0 Å². The molecule has 6 heteroatoms. The first-order valence-electron chi connectivity index (χ1n) is 37.7. The van der Waals surface area contributed by atoms with E-state index < -0.39 is 0 Å². The van der Waals surface area contributed by atoms with Crippen LogP contribution in [0.15, 0.2) is 255 Å². The lowest BCUT2D eigenvalue weighted by molar-refractivity contribution is 0.952. The molecule has 12 aromatic carbocycles. The molecule has 6 nitrogen and oxygen atoms in total. The van der Waals surface area contributed by atoms with Crippen molar-refractivity contribution < 1.29 is 0 Å². The van der Waals surface area contributed by atoms with Gasteiger partial charge in [-0.3, -0.25) is 15.0 Å². The van der Waals surface area contributed by atoms with Crippen molar-refractivity contribution in [1.82, 2.24) is 15.0 Å². The van der Waals surface area contributed by atoms with Crippen molar-refractivity contribution in [2.75, 3.05) is 14.7 Å². The molecule has 105 heavy (non-hydrogen) atoms. The molecule has 27 rings (SSSR count). The summed E-state index contributed by atoms with van der Waals surface area (Å²) < 4.78 is 0. The number of nitrogens with zero attached hydrogens (tertiary/aromatic N) is 6. The predicted molar refractivity (Wildman–Crippen MR) is 423 cm³/mol. The van der Waals surface area contributed by atoms with Gasteiger partial charge in [0.25, 0.3) is 0 Å². The normalized spacial score (nSPS) is 14.9. The van der Waals surface area contributed by atoms with Gasteiger partial charge in [-0.2, -0.15) is 0 Å². The summed E-state index contributed by atoms with van der Waals surface area (Å²) in [5.74, 6) is 0. The molecule has 0 amide bonds. The second-order valence-electron chi connectivity index (χ2n) is 31.1. The summed E-state index contributed by atoms with van der Waals surface area (Å²) in [5, 5.41) is 0. The summed E-state index contributed by atoms with van der Waals surface area (Å²) in [6.45, 7) is 0. The Morgan fingerprint density at radius 3 is 0.876 bits per heavy atom. The Balaban J connectivity index is 0.0000000914. The molecule has 0 radical (unpaired) electrons. The lowest BCUT2D eigenvalue weighted by atomic mass is 9.84. The van der Waals surface area contributed by atoms with E-state index in [0.29, 0.717) is 0 Å². The standard InChI is InChI=1S/3C33H22N2/c1-4-8-27-19(5-1)11-22-16-31-23(15-29(22)27)13-25-18-34-17-24-12-21-9-10-28-26-7-3-2-6-20(26)14-30(28)33(21)35(31)32(24)25;1-4-8-26-19(5-1)13-23-18-31-24(16-28(23)26)14-22-11-12-34-30-17-21-9-10-27-25-7-3-2-6-20(25)15-29(27)32(21)35(31)33(22)30;1-4-8-26-19(5-1)13-23-18-31-24(16-28(23)26)17-30-33-22(11-12-34-30)14-21-9-10-27-25-7-3-2-6-20(25)15-29(27)32(21)35(31)33/h1-10,15-18H,11-14H2;2*1-12,16,18H,13-15,17H2. The third kappa shape index (κ3) is 8.01. The fourth-order valence-corrected chi connectivity index (χ4v) is 21.2. The summed E-state index contributed by atoms with van der Waals surface area (Å²) in [5.41, 5.74) is 62.9. The smallest absolute Gasteiger partial charge is 0.0716 e. The highest BCUT2D eigenvalue weighted by Crippen LogP contribution is 2.61. The zero-order valence-electron chi connectivity index (χ0n) is 57.9. The average molecular weight is 1340 g/mol. The molecule has 0 unspecified atom stereocenters. The molecule has 492 valence electrons. The summed E-state index contributed by atoms with van der Waals surface area (Å²) in [7, 11) is 0. The Kier molecular flexibility index (Phi) is 11.5. The minimum absolute atomic E-state index is 0.898. The molecule has 0 bridgehead atoms. The second-order valence-corrected chi connectivity index (χ2v) is 31.1. The van der Waals surface area contributed by atoms with Crippen LogP contribution in [0.5, 0.6) is 0 Å². The van der Waals surface area contributed by atoms with E-state index in [9.17, 15) is 0 Å². The molecule has 0 fully saturated rings. The van der Waals surface area contributed by atoms with Crippen LogP contribution in [0.25, 0.3) is 66.8 Å². The van der Waals surface area contributed by atoms with Crippen LogP contribution in [0.4, 0.5) is 51.2 Å². The maximum absolute atomic E-state index is 4.91. The van der Waals surface area contributed by atoms with E-state index in [0.717, 1.165) is 77.0 Å². The van der Waals surface area contributed by atoms with Gasteiger partial charge in [0.05, 0.1) is 62.6 Å². The Morgan fingerprint density at radius 2 is 0.476 bits per heavy atom. The van der Waals surface area contributed by atoms with E-state index in [-0.39, 0.29) is 0 Å². The second kappa shape index (κ2) is 21.1. The molecular formula is C99H66N6. The third-order valence-electron chi connectivity index (χ3n) is 25.6. The lowest BCUT2D eigenvalue weighted by Crippen LogP contribution is -2.26. The van der Waals surface area contributed by atoms with Gasteiger partial charge in [-0.1, -0.05) is 182 Å². The van der Waals surface area contributed by atoms with Gasteiger partial charge in [-0.15, -0.1) is 0 Å². The Bertz CT molecular complexity index is 5900. The number of aromatic nitrogens is 3. The number of fused-ring (bicyclic) bond motifs is 33. The number of anilines is 9. The molecule has 0 atom stereocenters. The van der Waals surface area contributed by atoms with Crippen molar-refractivity contribution in [3.63, 3.8) is 0 Å². The highest BCUT2D eigenvalue weighted by molar-refractivity contribution is 6.00. The van der Waals surface area contributed by atoms with Crippen LogP contribution in [-0.4, -0.2) is 15.0 Å². The van der Waals surface area contributed by atoms with Crippen LogP contribution in [-0.2, 0) is 77.0 Å². The van der Waals surface area contributed by atoms with E-state index in [2.05, 4.69) is 263 Å². The highest BCUT2D eigenvalue weighted by atomic mass is 15.2. The van der Waals surface area contributed by atoms with Crippen LogP contribution in [0, 0.1) is 0 Å². The van der Waals surface area contributed by atoms with Crippen LogP contribution >= 0.6 is 0 Å². The molecule has 15 aromatic rings. The Morgan fingerprint density at radius 1 is 0.190 bits per heavy atom. The average Bonchev–Trinajstić information content (AvgIpc) is 1.71. The maximum atomic E-state index is 4.91. The van der Waals surface area contributed by atoms with Crippen LogP contribution < -0.4 is 14.7 Å². The lowest BCUT2D eigenvalue weighted by Gasteiger charge is -2.40. The number of benzene rings is 12. The van der Waals surface area contributed by atoms with E-state index in [1.165, 1.54) is 252 Å². The van der Waals surface area contributed by atoms with Crippen molar-refractivity contribution in [1.29, 1.82) is 0 Å². The van der Waals surface area contributed by atoms with Gasteiger partial charge in [0.15, 0.2) is 0 Å². The Hall–Kier alpha value is -12.5. The van der Waals surface area contributed by atoms with Crippen molar-refractivity contribution in [3.05, 3.63) is 389 Å². The highest BCUT2D eigenvalue weighted by Gasteiger charge is 2.42. The molecule has 0 N–H and O–H groups in total. The van der Waals surface area contributed by atoms with Crippen LogP contribution in [0.3, 0.4) is 0 Å². The molecule has 0 saturated heterocycles. The zero-order chi connectivity index (χ0) is 68.0. The van der Waals surface area contributed by atoms with E-state index in [1.54, 1.807) is 0 Å². The summed E-state index contributed by atoms with van der Waals surface area (Å²) in [6, 6.07) is 86.9. The first-order chi connectivity index (χ1) is 52.0. The predicted octanol–water partition coefficient (Wildman–Crippen LogP) is 22.5. The minimum atomic E-state index is 0.898. The zero-order valence-corrected chi connectivity index (χ0v) is 57.9. The summed E-state index contributed by atoms with van der Waals surface area (Å²) in [4.78, 5) is 22.2. The van der Waals surface area contributed by atoms with Crippen LogP contribution in [0.1, 0.15) is 134 Å². The van der Waals surface area contributed by atoms with Gasteiger partial charge in [0.2, 0.25) is 0 Å². The van der Waals surface area contributed by atoms with E-state index >= 15 is 0 Å². The molecule has 0 spiro atoms. The van der Waals surface area contributed by atoms with Crippen molar-refractivity contribution >= 4 is 51.2 Å². The third-order valence-corrected chi connectivity index (χ3v) is 25.6. The summed E-state index contributed by atoms with van der Waals surface area (Å²) >= 11 is 0. The SMILES string of the molecule is c1ccc2c(c1)Cc1cc3c(cc1-2)Cc1ccnc2c1N3c1c(ccc3c1Cc1ccccc1-3)C2.c1ccc2c(c1)Cc1cc3c(cc1-2)Cc1cncc2c1N3c1c(ccc3c1Cc1ccccc1-3)C2.c1ccc2c(c1)Cc1cc3c(cc1-2)Cc1nccc2c1N3c1c(ccc3c1Cc1ccccc1-3)C2. The molecule has 0 saturated carbocycles. The first kappa shape index (κ1) is 57.1. The van der Waals surface area contributed by atoms with Gasteiger partial charge in [-0.25, -0.2) is 0 Å². The monoisotopic (exact) mass is 1340 g/mol. The fourth-order valence-electron chi connectivity index (χ4n) is 21.2. The number of pyridine rings is 3. The van der Waals surface area contributed by atoms with Gasteiger partial charge in [0, 0.05) is 82.6 Å². The molecule has 12 aliphatic rings. The minimum Gasteiger partial charge on any atom is -0.309 e. The van der Waals surface area contributed by atoms with E-state index in [1.807, 2.05) is 12.4 Å². The molecule has 3 aromatic heterocycles. The van der Waals surface area contributed by atoms with Crippen molar-refractivity contribution in [2.24, 2.45) is 0 Å².